The molecule has 2 aromatic carbocycles. The number of rotatable bonds is 1. The lowest BCUT2D eigenvalue weighted by atomic mass is 9.97. The lowest BCUT2D eigenvalue weighted by molar-refractivity contribution is -0.138. The summed E-state index contributed by atoms with van der Waals surface area (Å²) in [7, 11) is 0. The molecule has 0 aromatic heterocycles. The fourth-order valence-electron chi connectivity index (χ4n) is 4.92. The number of halogens is 6. The summed E-state index contributed by atoms with van der Waals surface area (Å²) in [5.74, 6) is 197. The minimum Gasteiger partial charge on any atom is -0.508 e. The van der Waals surface area contributed by atoms with E-state index in [0.29, 0.717) is 23.6 Å². The maximum absolute atomic E-state index is 12.5. The molecule has 0 saturated heterocycles. The second kappa shape index (κ2) is 64.8. The number of fused-ring (bicyclic) bond motifs is 1. The average molecular weight is 1410 g/mol. The molecule has 486 valence electrons. The second-order valence-electron chi connectivity index (χ2n) is 15.9. The van der Waals surface area contributed by atoms with Gasteiger partial charge in [0.25, 0.3) is 0 Å². The molecule has 0 unspecified atom stereocenters. The predicted octanol–water partition coefficient (Wildman–Crippen LogP) is 5.75. The predicted molar refractivity (Wildman–Crippen MR) is 411 cm³/mol. The van der Waals surface area contributed by atoms with Crippen LogP contribution in [0.4, 0.5) is 26.3 Å². The first-order chi connectivity index (χ1) is 54.3. The van der Waals surface area contributed by atoms with Crippen LogP contribution >= 0.6 is 0 Å². The number of benzene rings is 2. The van der Waals surface area contributed by atoms with Gasteiger partial charge in [0.1, 0.15) is 11.5 Å². The minimum atomic E-state index is -4.44. The Morgan fingerprint density at radius 2 is 0.486 bits per heavy atom. The highest BCUT2D eigenvalue weighted by molar-refractivity contribution is 5.91. The summed E-state index contributed by atoms with van der Waals surface area (Å²) >= 11 is 0. The van der Waals surface area contributed by atoms with Crippen molar-refractivity contribution < 1.29 is 46.1 Å². The van der Waals surface area contributed by atoms with Crippen LogP contribution in [0.2, 0.25) is 0 Å². The summed E-state index contributed by atoms with van der Waals surface area (Å²) in [5.41, 5.74) is -0.774. The van der Waals surface area contributed by atoms with Crippen LogP contribution < -0.4 is 4.74 Å². The molecule has 0 spiro atoms. The molecule has 0 bridgehead atoms. The standard InChI is InChI=1S/C82H2.C12H9F3O3.C7H5F3O/c1-3-5-7-9-11-13-15-17-19-21-23-25-27-29-31-33-35-37-39-41-43-45-47-49-51-53-55-57-59-61-63-65-67-69-71-73-75-77-79-81-82-80-78-76-74-72-70-68-66-64-62-60-58-56-54-52-50-48-46-44-42-40-38-36-34-32-30-28-26-24-22-20-18-16-14-12-10-8-6-4-2;13-12(14,15)8-1-2-9-7(5-11(16)17)3-4-18-10(9)6-8;8-7(9,10)5-2-1-3-6(11)4-5/h1-2H;1-2,5-6H,3-4H2,(H,16,17);1-4,11H/b;7-5+;. The van der Waals surface area contributed by atoms with E-state index in [0.717, 1.165) is 30.3 Å². The van der Waals surface area contributed by atoms with Gasteiger partial charge in [-0.2, -0.15) is 26.3 Å². The van der Waals surface area contributed by atoms with Gasteiger partial charge in [-0.05, 0) is 131 Å². The summed E-state index contributed by atoms with van der Waals surface area (Å²) in [6.45, 7) is 0.174. The lowest BCUT2D eigenvalue weighted by Gasteiger charge is -2.21. The molecule has 2 aromatic rings. The Bertz CT molecular complexity index is 6760. The molecule has 1 heterocycles. The van der Waals surface area contributed by atoms with Crippen molar-refractivity contribution in [2.24, 2.45) is 0 Å². The van der Waals surface area contributed by atoms with Gasteiger partial charge in [0.15, 0.2) is 0 Å². The Morgan fingerprint density at radius 3 is 0.649 bits per heavy atom. The largest absolute Gasteiger partial charge is 0.508 e. The number of aliphatic carboxylic acids is 1. The molecule has 0 amide bonds. The summed E-state index contributed by atoms with van der Waals surface area (Å²) in [4.78, 5) is 10.6. The van der Waals surface area contributed by atoms with Crippen molar-refractivity contribution in [3.63, 3.8) is 0 Å². The zero-order valence-electron chi connectivity index (χ0n) is 55.7. The van der Waals surface area contributed by atoms with Gasteiger partial charge >= 0.3 is 18.3 Å². The molecule has 0 aliphatic carbocycles. The molecule has 0 saturated carbocycles. The van der Waals surface area contributed by atoms with Crippen molar-refractivity contribution in [3.05, 3.63) is 65.2 Å². The van der Waals surface area contributed by atoms with Crippen LogP contribution in [0.1, 0.15) is 23.1 Å². The Balaban J connectivity index is 0.00000172. The molecule has 4 nitrogen and oxygen atoms in total. The number of terminal acetylenes is 2. The smallest absolute Gasteiger partial charge is 0.416 e. The van der Waals surface area contributed by atoms with Crippen LogP contribution in [-0.4, -0.2) is 22.8 Å². The molecular weight excluding hydrogens is 1390 g/mol. The fourth-order valence-corrected chi connectivity index (χ4v) is 4.92. The SMILES string of the molecule is C#CC#CC#CC#CC#CC#CC#CC#CC#CC#CC#CC#CC#CC#CC#CC#CC#CC#CC#CC#CC#CC#CC#CC#CC#CC#CC#CC#CC#CC#CC#CC#CC#CC#CC#CC#CC#CC#CC#CC#CC#C.O=C(O)/C=C1\CCOc2cc(C(F)(F)F)ccc21.Oc1cccc(C(F)(F)F)c1. The molecule has 0 radical (unpaired) electrons. The number of carboxylic acids is 1. The fraction of sp³-hybridized carbons (Fsp3) is 0.0396. The molecule has 10 heteroatoms. The molecular formula is C101H16F6O4. The van der Waals surface area contributed by atoms with Crippen LogP contribution in [0.5, 0.6) is 11.5 Å². The number of aromatic hydroxyl groups is 1. The topological polar surface area (TPSA) is 66.8 Å². The van der Waals surface area contributed by atoms with E-state index in [1.54, 1.807) is 0 Å². The highest BCUT2D eigenvalue weighted by Crippen LogP contribution is 2.38. The van der Waals surface area contributed by atoms with Crippen molar-refractivity contribution in [1.29, 1.82) is 0 Å². The molecule has 3 rings (SSSR count). The van der Waals surface area contributed by atoms with Crippen molar-refractivity contribution in [3.8, 4) is 498 Å². The normalized spacial score (nSPS) is 6.83. The van der Waals surface area contributed by atoms with Crippen molar-refractivity contribution >= 4 is 11.5 Å². The summed E-state index contributed by atoms with van der Waals surface area (Å²) < 4.78 is 78.2. The third-order valence-corrected chi connectivity index (χ3v) is 8.71. The number of phenols is 1. The number of hydrogen-bond donors (Lipinski definition) is 2. The Labute approximate surface area is 642 Å². The number of carboxylic acid groups (broad SMARTS) is 1. The van der Waals surface area contributed by atoms with E-state index in [2.05, 4.69) is 474 Å². The van der Waals surface area contributed by atoms with Gasteiger partial charge in [0.2, 0.25) is 0 Å². The van der Waals surface area contributed by atoms with Gasteiger partial charge in [-0.25, -0.2) is 4.79 Å². The van der Waals surface area contributed by atoms with Gasteiger partial charge in [0.05, 0.1) is 17.7 Å². The van der Waals surface area contributed by atoms with Crippen molar-refractivity contribution in [2.75, 3.05) is 6.61 Å². The number of phenolic OH excluding ortho intramolecular Hbond substituents is 1. The maximum Gasteiger partial charge on any atom is 0.416 e. The average Bonchev–Trinajstić information content (AvgIpc) is 0.802. The molecule has 1 aliphatic heterocycles. The summed E-state index contributed by atoms with van der Waals surface area (Å²) in [5, 5.41) is 17.4. The molecule has 0 fully saturated rings. The third-order valence-electron chi connectivity index (χ3n) is 8.71. The van der Waals surface area contributed by atoms with Crippen LogP contribution in [0.25, 0.3) is 5.57 Å². The zero-order chi connectivity index (χ0) is 80.4. The van der Waals surface area contributed by atoms with E-state index < -0.39 is 29.4 Å². The lowest BCUT2D eigenvalue weighted by Crippen LogP contribution is -2.11. The van der Waals surface area contributed by atoms with Gasteiger partial charge in [-0.15, -0.1) is 12.8 Å². The van der Waals surface area contributed by atoms with E-state index in [1.165, 1.54) is 12.1 Å². The molecule has 0 atom stereocenters. The maximum atomic E-state index is 12.5. The van der Waals surface area contributed by atoms with Crippen molar-refractivity contribution in [2.45, 2.75) is 18.8 Å². The Kier molecular flexibility index (Phi) is 51.2. The Hall–Kier alpha value is -21.2. The number of alkyl halides is 6. The molecule has 2 N–H and O–H groups in total. The molecule has 1 aliphatic rings. The second-order valence-corrected chi connectivity index (χ2v) is 15.9. The van der Waals surface area contributed by atoms with Gasteiger partial charge in [0, 0.05) is 397 Å². The number of hydrogen-bond acceptors (Lipinski definition) is 3. The Morgan fingerprint density at radius 1 is 0.297 bits per heavy atom. The van der Waals surface area contributed by atoms with E-state index in [1.807, 2.05) is 0 Å². The van der Waals surface area contributed by atoms with Crippen LogP contribution in [0.3, 0.4) is 0 Å². The number of ether oxygens (including phenoxy) is 1. The van der Waals surface area contributed by atoms with E-state index >= 15 is 0 Å². The van der Waals surface area contributed by atoms with E-state index in [9.17, 15) is 31.1 Å². The van der Waals surface area contributed by atoms with Gasteiger partial charge in [-0.3, -0.25) is 0 Å². The quantitative estimate of drug-likeness (QED) is 0.217. The minimum absolute atomic E-state index is 0.0728. The van der Waals surface area contributed by atoms with Gasteiger partial charge < -0.3 is 14.9 Å². The van der Waals surface area contributed by atoms with Gasteiger partial charge in [-0.1, -0.05) is 12.1 Å². The first-order valence-electron chi connectivity index (χ1n) is 28.3. The zero-order valence-corrected chi connectivity index (χ0v) is 55.7. The molecule has 111 heavy (non-hydrogen) atoms. The number of carbonyl (C=O) groups is 1. The first-order valence-corrected chi connectivity index (χ1v) is 28.3. The van der Waals surface area contributed by atoms with E-state index in [-0.39, 0.29) is 18.1 Å². The van der Waals surface area contributed by atoms with Crippen LogP contribution in [-0.2, 0) is 17.1 Å². The highest BCUT2D eigenvalue weighted by Gasteiger charge is 2.32. The monoisotopic (exact) mass is 1410 g/mol. The van der Waals surface area contributed by atoms with E-state index in [4.69, 9.17) is 27.8 Å². The summed E-state index contributed by atoms with van der Waals surface area (Å²) in [6, 6.07) is 6.98. The first kappa shape index (κ1) is 87.8. The summed E-state index contributed by atoms with van der Waals surface area (Å²) in [6.07, 6.45) is 2.44. The van der Waals surface area contributed by atoms with Crippen LogP contribution in [0, 0.1) is 486 Å². The van der Waals surface area contributed by atoms with Crippen LogP contribution in [0.15, 0.2) is 48.5 Å². The third kappa shape index (κ3) is 58.6. The highest BCUT2D eigenvalue weighted by atomic mass is 19.4. The van der Waals surface area contributed by atoms with Crippen molar-refractivity contribution in [1.82, 2.24) is 0 Å².